The van der Waals surface area contributed by atoms with Gasteiger partial charge in [0.2, 0.25) is 0 Å². The van der Waals surface area contributed by atoms with Gasteiger partial charge in [-0.25, -0.2) is 0 Å². The summed E-state index contributed by atoms with van der Waals surface area (Å²) in [6, 6.07) is 0.658. The van der Waals surface area contributed by atoms with E-state index in [-0.39, 0.29) is 0 Å². The molecule has 0 saturated carbocycles. The Balaban J connectivity index is 3.22. The van der Waals surface area contributed by atoms with E-state index in [1.165, 1.54) is 19.3 Å². The summed E-state index contributed by atoms with van der Waals surface area (Å²) in [4.78, 5) is 0. The molecule has 110 valence electrons. The number of nitrogens with one attached hydrogen (secondary N) is 1. The van der Waals surface area contributed by atoms with Gasteiger partial charge in [-0.3, -0.25) is 0 Å². The molecule has 3 nitrogen and oxygen atoms in total. The molecule has 0 aliphatic heterocycles. The lowest BCUT2D eigenvalue weighted by molar-refractivity contribution is 0.0361. The summed E-state index contributed by atoms with van der Waals surface area (Å²) in [6.45, 7) is 13.0. The van der Waals surface area contributed by atoms with Gasteiger partial charge in [-0.15, -0.1) is 0 Å². The van der Waals surface area contributed by atoms with Crippen LogP contribution in [0.5, 0.6) is 0 Å². The van der Waals surface area contributed by atoms with Crippen molar-refractivity contribution in [3.63, 3.8) is 0 Å². The molecular weight excluding hydrogens is 226 g/mol. The van der Waals surface area contributed by atoms with Crippen molar-refractivity contribution in [1.29, 1.82) is 0 Å². The molecule has 0 saturated heterocycles. The Morgan fingerprint density at radius 1 is 1.00 bits per heavy atom. The molecule has 18 heavy (non-hydrogen) atoms. The third-order valence-electron chi connectivity index (χ3n) is 2.84. The van der Waals surface area contributed by atoms with Gasteiger partial charge in [-0.1, -0.05) is 27.7 Å². The molecule has 1 unspecified atom stereocenters. The Morgan fingerprint density at radius 3 is 2.33 bits per heavy atom. The number of hydrogen-bond acceptors (Lipinski definition) is 3. The van der Waals surface area contributed by atoms with Crippen LogP contribution in [0.4, 0.5) is 0 Å². The molecule has 0 rings (SSSR count). The van der Waals surface area contributed by atoms with Crippen molar-refractivity contribution >= 4 is 0 Å². The highest BCUT2D eigenvalue weighted by molar-refractivity contribution is 4.63. The van der Waals surface area contributed by atoms with E-state index in [4.69, 9.17) is 9.47 Å². The summed E-state index contributed by atoms with van der Waals surface area (Å²) in [5, 5.41) is 3.56. The first kappa shape index (κ1) is 17.9. The topological polar surface area (TPSA) is 30.5 Å². The van der Waals surface area contributed by atoms with E-state index >= 15 is 0 Å². The van der Waals surface area contributed by atoms with Crippen LogP contribution in [0.2, 0.25) is 0 Å². The maximum Gasteiger partial charge on any atom is 0.0700 e. The summed E-state index contributed by atoms with van der Waals surface area (Å²) in [5.74, 6) is 0.611. The Labute approximate surface area is 114 Å². The zero-order chi connectivity index (χ0) is 13.6. The highest BCUT2D eigenvalue weighted by Crippen LogP contribution is 2.02. The smallest absolute Gasteiger partial charge is 0.0700 e. The molecule has 0 heterocycles. The average molecular weight is 259 g/mol. The van der Waals surface area contributed by atoms with Crippen molar-refractivity contribution in [2.45, 2.75) is 59.4 Å². The van der Waals surface area contributed by atoms with E-state index < -0.39 is 0 Å². The van der Waals surface area contributed by atoms with Crippen LogP contribution >= 0.6 is 0 Å². The standard InChI is InChI=1S/C15H33NO2/c1-5-9-16-15(6-2)8-7-10-17-11-12-18-13-14(3)4/h14-16H,5-13H2,1-4H3. The molecule has 1 N–H and O–H groups in total. The number of hydrogen-bond donors (Lipinski definition) is 1. The average Bonchev–Trinajstić information content (AvgIpc) is 2.35. The van der Waals surface area contributed by atoms with Gasteiger partial charge in [0.25, 0.3) is 0 Å². The first-order valence-electron chi connectivity index (χ1n) is 7.59. The SMILES string of the molecule is CCCNC(CC)CCCOCCOCC(C)C. The Morgan fingerprint density at radius 2 is 1.72 bits per heavy atom. The lowest BCUT2D eigenvalue weighted by Crippen LogP contribution is -2.29. The fourth-order valence-corrected chi connectivity index (χ4v) is 1.77. The minimum absolute atomic E-state index is 0.611. The van der Waals surface area contributed by atoms with Crippen molar-refractivity contribution in [2.75, 3.05) is 33.0 Å². The molecule has 0 radical (unpaired) electrons. The molecular formula is C15H33NO2. The Kier molecular flexibility index (Phi) is 13.2. The van der Waals surface area contributed by atoms with Crippen LogP contribution in [-0.4, -0.2) is 39.0 Å². The predicted molar refractivity (Wildman–Crippen MR) is 78.1 cm³/mol. The summed E-state index contributed by atoms with van der Waals surface area (Å²) in [5.41, 5.74) is 0. The lowest BCUT2D eigenvalue weighted by Gasteiger charge is -2.16. The summed E-state index contributed by atoms with van der Waals surface area (Å²) in [7, 11) is 0. The minimum Gasteiger partial charge on any atom is -0.379 e. The second kappa shape index (κ2) is 13.3. The normalized spacial score (nSPS) is 13.2. The van der Waals surface area contributed by atoms with Crippen LogP contribution in [0.3, 0.4) is 0 Å². The van der Waals surface area contributed by atoms with E-state index in [9.17, 15) is 0 Å². The fourth-order valence-electron chi connectivity index (χ4n) is 1.77. The molecule has 0 fully saturated rings. The number of ether oxygens (including phenoxy) is 2. The lowest BCUT2D eigenvalue weighted by atomic mass is 10.1. The molecule has 0 aliphatic rings. The first-order valence-corrected chi connectivity index (χ1v) is 7.59. The largest absolute Gasteiger partial charge is 0.379 e. The maximum atomic E-state index is 5.56. The van der Waals surface area contributed by atoms with Crippen molar-refractivity contribution in [3.05, 3.63) is 0 Å². The molecule has 0 spiro atoms. The maximum absolute atomic E-state index is 5.56. The van der Waals surface area contributed by atoms with Gasteiger partial charge in [0.05, 0.1) is 13.2 Å². The van der Waals surface area contributed by atoms with Crippen LogP contribution in [0.1, 0.15) is 53.4 Å². The number of rotatable bonds is 13. The monoisotopic (exact) mass is 259 g/mol. The zero-order valence-corrected chi connectivity index (χ0v) is 12.8. The van der Waals surface area contributed by atoms with Crippen molar-refractivity contribution in [1.82, 2.24) is 5.32 Å². The molecule has 0 amide bonds. The predicted octanol–water partition coefficient (Wildman–Crippen LogP) is 3.23. The van der Waals surface area contributed by atoms with E-state index in [0.29, 0.717) is 12.0 Å². The quantitative estimate of drug-likeness (QED) is 0.515. The van der Waals surface area contributed by atoms with Crippen LogP contribution in [0.25, 0.3) is 0 Å². The molecule has 0 aromatic heterocycles. The van der Waals surface area contributed by atoms with Gasteiger partial charge < -0.3 is 14.8 Å². The van der Waals surface area contributed by atoms with Gasteiger partial charge in [-0.2, -0.15) is 0 Å². The molecule has 0 aliphatic carbocycles. The zero-order valence-electron chi connectivity index (χ0n) is 12.8. The Hall–Kier alpha value is -0.120. The second-order valence-corrected chi connectivity index (χ2v) is 5.28. The van der Waals surface area contributed by atoms with Crippen LogP contribution in [0.15, 0.2) is 0 Å². The fraction of sp³-hybridized carbons (Fsp3) is 1.00. The highest BCUT2D eigenvalue weighted by Gasteiger charge is 2.03. The summed E-state index contributed by atoms with van der Waals surface area (Å²) >= 11 is 0. The third-order valence-corrected chi connectivity index (χ3v) is 2.84. The van der Waals surface area contributed by atoms with Gasteiger partial charge in [-0.05, 0) is 38.1 Å². The van der Waals surface area contributed by atoms with Crippen LogP contribution < -0.4 is 5.32 Å². The van der Waals surface area contributed by atoms with Crippen molar-refractivity contribution < 1.29 is 9.47 Å². The Bertz CT molecular complexity index is 163. The van der Waals surface area contributed by atoms with Crippen LogP contribution in [-0.2, 0) is 9.47 Å². The second-order valence-electron chi connectivity index (χ2n) is 5.28. The van der Waals surface area contributed by atoms with E-state index in [0.717, 1.165) is 39.4 Å². The van der Waals surface area contributed by atoms with Crippen LogP contribution in [0, 0.1) is 5.92 Å². The summed E-state index contributed by atoms with van der Waals surface area (Å²) in [6.07, 6.45) is 4.76. The van der Waals surface area contributed by atoms with Gasteiger partial charge in [0.15, 0.2) is 0 Å². The minimum atomic E-state index is 0.611. The first-order chi connectivity index (χ1) is 8.70. The van der Waals surface area contributed by atoms with E-state index in [2.05, 4.69) is 33.0 Å². The molecule has 0 bridgehead atoms. The van der Waals surface area contributed by atoms with Crippen molar-refractivity contribution in [3.8, 4) is 0 Å². The van der Waals surface area contributed by atoms with Gasteiger partial charge in [0, 0.05) is 19.3 Å². The molecule has 0 aromatic rings. The van der Waals surface area contributed by atoms with Crippen molar-refractivity contribution in [2.24, 2.45) is 5.92 Å². The van der Waals surface area contributed by atoms with E-state index in [1.807, 2.05) is 0 Å². The molecule has 1 atom stereocenters. The highest BCUT2D eigenvalue weighted by atomic mass is 16.5. The molecule has 3 heteroatoms. The van der Waals surface area contributed by atoms with Gasteiger partial charge >= 0.3 is 0 Å². The third kappa shape index (κ3) is 12.3. The summed E-state index contributed by atoms with van der Waals surface area (Å²) < 4.78 is 11.0. The molecule has 0 aromatic carbocycles. The van der Waals surface area contributed by atoms with Gasteiger partial charge in [0.1, 0.15) is 0 Å². The van der Waals surface area contributed by atoms with E-state index in [1.54, 1.807) is 0 Å².